The summed E-state index contributed by atoms with van der Waals surface area (Å²) in [6.07, 6.45) is 1.57. The first-order valence-electron chi connectivity index (χ1n) is 6.93. The Morgan fingerprint density at radius 1 is 1.14 bits per heavy atom. The normalized spacial score (nSPS) is 15.6. The van der Waals surface area contributed by atoms with Gasteiger partial charge in [0.05, 0.1) is 22.9 Å². The number of hydrogen-bond donors (Lipinski definition) is 1. The number of nitrogens with zero attached hydrogens (tertiary/aromatic N) is 1. The minimum atomic E-state index is -3.38. The van der Waals surface area contributed by atoms with Crippen molar-refractivity contribution in [3.8, 4) is 0 Å². The Morgan fingerprint density at radius 2 is 1.86 bits per heavy atom. The lowest BCUT2D eigenvalue weighted by Gasteiger charge is -2.30. The van der Waals surface area contributed by atoms with Crippen molar-refractivity contribution in [2.45, 2.75) is 26.7 Å². The molecule has 8 heteroatoms. The van der Waals surface area contributed by atoms with E-state index in [-0.39, 0.29) is 11.5 Å². The number of hydrogen-bond acceptors (Lipinski definition) is 4. The number of rotatable bonds is 5. The maximum absolute atomic E-state index is 12.2. The zero-order valence-corrected chi connectivity index (χ0v) is 13.8. The van der Waals surface area contributed by atoms with Gasteiger partial charge in [-0.15, -0.1) is 0 Å². The second kappa shape index (κ2) is 5.84. The van der Waals surface area contributed by atoms with Gasteiger partial charge in [-0.05, 0) is 44.4 Å². The third-order valence-corrected chi connectivity index (χ3v) is 6.60. The van der Waals surface area contributed by atoms with E-state index in [9.17, 15) is 16.8 Å². The average Bonchev–Trinajstić information content (AvgIpc) is 2.46. The average molecular weight is 332 g/mol. The molecule has 0 saturated heterocycles. The molecule has 118 valence electrons. The molecule has 1 heterocycles. The minimum Gasteiger partial charge on any atom is -0.283 e. The number of fused-ring (bicyclic) bond motifs is 1. The van der Waals surface area contributed by atoms with Crippen LogP contribution in [-0.2, 0) is 26.5 Å². The molecule has 21 heavy (non-hydrogen) atoms. The second-order valence-electron chi connectivity index (χ2n) is 4.93. The molecule has 0 aliphatic carbocycles. The van der Waals surface area contributed by atoms with Crippen LogP contribution in [-0.4, -0.2) is 34.9 Å². The van der Waals surface area contributed by atoms with E-state index in [2.05, 4.69) is 4.72 Å². The molecule has 1 aliphatic rings. The molecule has 1 aliphatic heterocycles. The molecule has 0 saturated carbocycles. The summed E-state index contributed by atoms with van der Waals surface area (Å²) in [4.78, 5) is 0. The maximum atomic E-state index is 12.2. The Hall–Kier alpha value is -1.28. The van der Waals surface area contributed by atoms with Crippen molar-refractivity contribution < 1.29 is 16.8 Å². The van der Waals surface area contributed by atoms with Crippen molar-refractivity contribution in [2.75, 3.05) is 27.1 Å². The zero-order valence-electron chi connectivity index (χ0n) is 12.2. The van der Waals surface area contributed by atoms with Gasteiger partial charge in [-0.2, -0.15) is 0 Å². The standard InChI is InChI=1S/C13H20N2O4S2/c1-3-20(16,17)14-12-8-7-11-6-5-9-15(13(11)10-12)21(18,19)4-2/h7-8,10,14H,3-6,9H2,1-2H3. The SMILES string of the molecule is CCS(=O)(=O)Nc1ccc2c(c1)N(S(=O)(=O)CC)CCC2. The van der Waals surface area contributed by atoms with E-state index in [1.165, 1.54) is 4.31 Å². The second-order valence-corrected chi connectivity index (χ2v) is 9.12. The Labute approximate surface area is 126 Å². The molecule has 0 bridgehead atoms. The van der Waals surface area contributed by atoms with Gasteiger partial charge in [-0.25, -0.2) is 16.8 Å². The van der Waals surface area contributed by atoms with Gasteiger partial charge in [-0.3, -0.25) is 9.03 Å². The predicted octanol–water partition coefficient (Wildman–Crippen LogP) is 1.55. The minimum absolute atomic E-state index is 0.0252. The van der Waals surface area contributed by atoms with Gasteiger partial charge >= 0.3 is 0 Å². The molecule has 0 amide bonds. The Morgan fingerprint density at radius 3 is 2.48 bits per heavy atom. The van der Waals surface area contributed by atoms with E-state index in [0.717, 1.165) is 18.4 Å². The lowest BCUT2D eigenvalue weighted by molar-refractivity contribution is 0.588. The molecule has 0 spiro atoms. The van der Waals surface area contributed by atoms with Crippen LogP contribution in [0, 0.1) is 0 Å². The van der Waals surface area contributed by atoms with Gasteiger partial charge in [-0.1, -0.05) is 6.07 Å². The number of aryl methyl sites for hydroxylation is 1. The van der Waals surface area contributed by atoms with E-state index in [1.807, 2.05) is 0 Å². The summed E-state index contributed by atoms with van der Waals surface area (Å²) in [6.45, 7) is 3.59. The summed E-state index contributed by atoms with van der Waals surface area (Å²) in [5.41, 5.74) is 1.91. The third-order valence-electron chi connectivity index (χ3n) is 3.52. The molecule has 0 unspecified atom stereocenters. The lowest BCUT2D eigenvalue weighted by Crippen LogP contribution is -2.36. The highest BCUT2D eigenvalue weighted by molar-refractivity contribution is 7.93. The van der Waals surface area contributed by atoms with Crippen LogP contribution in [0.25, 0.3) is 0 Å². The van der Waals surface area contributed by atoms with Gasteiger partial charge in [0.25, 0.3) is 0 Å². The molecular weight excluding hydrogens is 312 g/mol. The summed E-state index contributed by atoms with van der Waals surface area (Å²) in [6, 6.07) is 5.07. The van der Waals surface area contributed by atoms with Crippen LogP contribution in [0.3, 0.4) is 0 Å². The summed E-state index contributed by atoms with van der Waals surface area (Å²) in [5, 5.41) is 0. The molecule has 1 aromatic rings. The van der Waals surface area contributed by atoms with Crippen LogP contribution in [0.1, 0.15) is 25.8 Å². The summed E-state index contributed by atoms with van der Waals surface area (Å²) < 4.78 is 51.4. The number of sulfonamides is 2. The largest absolute Gasteiger partial charge is 0.283 e. The van der Waals surface area contributed by atoms with Crippen molar-refractivity contribution in [1.29, 1.82) is 0 Å². The smallest absolute Gasteiger partial charge is 0.234 e. The van der Waals surface area contributed by atoms with Gasteiger partial charge in [0.15, 0.2) is 0 Å². The third kappa shape index (κ3) is 3.49. The molecule has 0 radical (unpaired) electrons. The van der Waals surface area contributed by atoms with Crippen molar-refractivity contribution in [3.05, 3.63) is 23.8 Å². The summed E-state index contributed by atoms with van der Waals surface area (Å²) in [7, 11) is -6.72. The van der Waals surface area contributed by atoms with Crippen LogP contribution >= 0.6 is 0 Å². The molecule has 0 atom stereocenters. The van der Waals surface area contributed by atoms with Gasteiger partial charge < -0.3 is 0 Å². The van der Waals surface area contributed by atoms with Gasteiger partial charge in [0.2, 0.25) is 20.0 Å². The Balaban J connectivity index is 2.43. The topological polar surface area (TPSA) is 83.6 Å². The zero-order chi connectivity index (χ0) is 15.7. The highest BCUT2D eigenvalue weighted by Crippen LogP contribution is 2.32. The molecule has 6 nitrogen and oxygen atoms in total. The summed E-state index contributed by atoms with van der Waals surface area (Å²) in [5.74, 6) is -0.00157. The van der Waals surface area contributed by atoms with Gasteiger partial charge in [0.1, 0.15) is 0 Å². The van der Waals surface area contributed by atoms with Crippen LogP contribution in [0.5, 0.6) is 0 Å². The van der Waals surface area contributed by atoms with Gasteiger partial charge in [0, 0.05) is 6.54 Å². The van der Waals surface area contributed by atoms with E-state index in [0.29, 0.717) is 17.9 Å². The quantitative estimate of drug-likeness (QED) is 0.887. The van der Waals surface area contributed by atoms with E-state index in [4.69, 9.17) is 0 Å². The van der Waals surface area contributed by atoms with Crippen molar-refractivity contribution >= 4 is 31.4 Å². The Bertz CT molecular complexity index is 727. The predicted molar refractivity (Wildman–Crippen MR) is 84.7 cm³/mol. The maximum Gasteiger partial charge on any atom is 0.234 e. The molecule has 0 aromatic heterocycles. The van der Waals surface area contributed by atoms with Crippen LogP contribution in [0.4, 0.5) is 11.4 Å². The monoisotopic (exact) mass is 332 g/mol. The number of nitrogens with one attached hydrogen (secondary N) is 1. The first-order chi connectivity index (χ1) is 9.79. The first-order valence-corrected chi connectivity index (χ1v) is 10.2. The number of benzene rings is 1. The Kier molecular flexibility index (Phi) is 4.48. The van der Waals surface area contributed by atoms with Crippen molar-refractivity contribution in [3.63, 3.8) is 0 Å². The van der Waals surface area contributed by atoms with Crippen LogP contribution in [0.2, 0.25) is 0 Å². The van der Waals surface area contributed by atoms with E-state index < -0.39 is 20.0 Å². The molecule has 2 rings (SSSR count). The van der Waals surface area contributed by atoms with Crippen molar-refractivity contribution in [1.82, 2.24) is 0 Å². The molecule has 1 aromatic carbocycles. The number of anilines is 2. The fraction of sp³-hybridized carbons (Fsp3) is 0.538. The van der Waals surface area contributed by atoms with E-state index in [1.54, 1.807) is 32.0 Å². The first kappa shape index (κ1) is 16.1. The lowest BCUT2D eigenvalue weighted by atomic mass is 10.0. The van der Waals surface area contributed by atoms with Crippen LogP contribution < -0.4 is 9.03 Å². The highest BCUT2D eigenvalue weighted by atomic mass is 32.2. The summed E-state index contributed by atoms with van der Waals surface area (Å²) >= 11 is 0. The fourth-order valence-corrected chi connectivity index (χ4v) is 4.12. The van der Waals surface area contributed by atoms with E-state index >= 15 is 0 Å². The highest BCUT2D eigenvalue weighted by Gasteiger charge is 2.26. The molecular formula is C13H20N2O4S2. The molecule has 1 N–H and O–H groups in total. The van der Waals surface area contributed by atoms with Crippen LogP contribution in [0.15, 0.2) is 18.2 Å². The fourth-order valence-electron chi connectivity index (χ4n) is 2.30. The molecule has 0 fully saturated rings. The van der Waals surface area contributed by atoms with Crippen molar-refractivity contribution in [2.24, 2.45) is 0 Å².